The summed E-state index contributed by atoms with van der Waals surface area (Å²) in [6, 6.07) is 18.2. The van der Waals surface area contributed by atoms with Gasteiger partial charge >= 0.3 is 0 Å². The molecule has 0 saturated heterocycles. The average molecular weight is 410 g/mol. The first-order valence-electron chi connectivity index (χ1n) is 8.75. The molecule has 0 amide bonds. The van der Waals surface area contributed by atoms with Gasteiger partial charge in [-0.2, -0.15) is 0 Å². The second kappa shape index (κ2) is 7.66. The Labute approximate surface area is 172 Å². The van der Waals surface area contributed by atoms with Crippen LogP contribution in [0.4, 0.5) is 5.82 Å². The summed E-state index contributed by atoms with van der Waals surface area (Å²) in [5.74, 6) is 0.755. The minimum Gasteiger partial charge on any atom is -0.505 e. The molecule has 4 nitrogen and oxygen atoms in total. The average Bonchev–Trinajstić information content (AvgIpc) is 2.70. The molecule has 1 atom stereocenters. The molecule has 0 fully saturated rings. The van der Waals surface area contributed by atoms with E-state index in [1.165, 1.54) is 0 Å². The third kappa shape index (κ3) is 3.49. The molecule has 0 radical (unpaired) electrons. The van der Waals surface area contributed by atoms with Gasteiger partial charge in [-0.05, 0) is 36.8 Å². The van der Waals surface area contributed by atoms with Gasteiger partial charge in [-0.15, -0.1) is 0 Å². The van der Waals surface area contributed by atoms with E-state index in [4.69, 9.17) is 23.2 Å². The normalized spacial score (nSPS) is 12.1. The van der Waals surface area contributed by atoms with Crippen molar-refractivity contribution >= 4 is 39.9 Å². The fraction of sp³-hybridized carbons (Fsp3) is 0.0909. The van der Waals surface area contributed by atoms with Gasteiger partial charge in [-0.3, -0.25) is 0 Å². The van der Waals surface area contributed by atoms with Crippen LogP contribution in [-0.4, -0.2) is 15.1 Å². The fourth-order valence-corrected chi connectivity index (χ4v) is 3.60. The summed E-state index contributed by atoms with van der Waals surface area (Å²) >= 11 is 12.8. The Bertz CT molecular complexity index is 1150. The van der Waals surface area contributed by atoms with Crippen molar-refractivity contribution in [1.82, 2.24) is 9.97 Å². The predicted molar refractivity (Wildman–Crippen MR) is 114 cm³/mol. The number of anilines is 1. The third-order valence-electron chi connectivity index (χ3n) is 4.57. The molecule has 2 heterocycles. The van der Waals surface area contributed by atoms with E-state index >= 15 is 0 Å². The minimum absolute atomic E-state index is 0.102. The van der Waals surface area contributed by atoms with Crippen LogP contribution in [0.25, 0.3) is 10.9 Å². The minimum atomic E-state index is -0.465. The van der Waals surface area contributed by atoms with E-state index in [9.17, 15) is 5.11 Å². The van der Waals surface area contributed by atoms with Gasteiger partial charge in [-0.1, -0.05) is 59.6 Å². The molecule has 0 aliphatic heterocycles. The number of hydrogen-bond donors (Lipinski definition) is 2. The van der Waals surface area contributed by atoms with Crippen LogP contribution in [0.15, 0.2) is 66.9 Å². The number of aryl methyl sites for hydroxylation is 1. The number of halogens is 2. The number of rotatable bonds is 4. The molecular weight excluding hydrogens is 393 g/mol. The van der Waals surface area contributed by atoms with Crippen molar-refractivity contribution in [2.45, 2.75) is 13.0 Å². The maximum atomic E-state index is 11.0. The Hall–Kier alpha value is -2.82. The smallest absolute Gasteiger partial charge is 0.147 e. The fourth-order valence-electron chi connectivity index (χ4n) is 3.18. The molecule has 0 saturated carbocycles. The monoisotopic (exact) mass is 409 g/mol. The number of fused-ring (bicyclic) bond motifs is 1. The summed E-state index contributed by atoms with van der Waals surface area (Å²) in [4.78, 5) is 8.85. The molecule has 28 heavy (non-hydrogen) atoms. The molecule has 4 rings (SSSR count). The van der Waals surface area contributed by atoms with Crippen molar-refractivity contribution in [3.63, 3.8) is 0 Å². The SMILES string of the molecule is Cc1ccc2ccc([C@@H](Nc3ccccn3)c3cccc(Cl)c3Cl)c(O)c2n1. The number of aromatic nitrogens is 2. The van der Waals surface area contributed by atoms with Crippen LogP contribution in [0.1, 0.15) is 22.9 Å². The second-order valence-corrected chi connectivity index (χ2v) is 7.25. The van der Waals surface area contributed by atoms with E-state index in [-0.39, 0.29) is 5.75 Å². The number of phenols is 1. The van der Waals surface area contributed by atoms with Gasteiger partial charge in [0.2, 0.25) is 0 Å². The molecular formula is C22H17Cl2N3O. The Kier molecular flexibility index (Phi) is 5.07. The zero-order valence-electron chi connectivity index (χ0n) is 15.0. The Morgan fingerprint density at radius 1 is 0.929 bits per heavy atom. The van der Waals surface area contributed by atoms with Crippen LogP contribution < -0.4 is 5.32 Å². The first-order chi connectivity index (χ1) is 13.5. The molecule has 2 aromatic carbocycles. The number of phenolic OH excluding ortho intramolecular Hbond substituents is 1. The highest BCUT2D eigenvalue weighted by molar-refractivity contribution is 6.42. The molecule has 4 aromatic rings. The topological polar surface area (TPSA) is 58.0 Å². The molecule has 0 spiro atoms. The largest absolute Gasteiger partial charge is 0.505 e. The standard InChI is InChI=1S/C22H17Cl2N3O/c1-13-8-9-14-10-11-16(22(28)20(14)26-13)21(27-18-7-2-3-12-25-18)15-5-4-6-17(23)19(15)24/h2-12,21,28H,1H3,(H,25,27)/t21-/m0/s1. The first kappa shape index (κ1) is 18.5. The van der Waals surface area contributed by atoms with Crippen molar-refractivity contribution in [1.29, 1.82) is 0 Å². The number of benzene rings is 2. The maximum Gasteiger partial charge on any atom is 0.147 e. The highest BCUT2D eigenvalue weighted by Gasteiger charge is 2.23. The maximum absolute atomic E-state index is 11.0. The molecule has 0 aliphatic carbocycles. The van der Waals surface area contributed by atoms with E-state index in [0.29, 0.717) is 26.9 Å². The lowest BCUT2D eigenvalue weighted by atomic mass is 9.96. The summed E-state index contributed by atoms with van der Waals surface area (Å²) < 4.78 is 0. The van der Waals surface area contributed by atoms with Crippen molar-refractivity contribution in [2.75, 3.05) is 5.32 Å². The molecule has 0 bridgehead atoms. The van der Waals surface area contributed by atoms with Crippen LogP contribution in [-0.2, 0) is 0 Å². The second-order valence-electron chi connectivity index (χ2n) is 6.46. The molecule has 0 unspecified atom stereocenters. The van der Waals surface area contributed by atoms with Gasteiger partial charge in [0.15, 0.2) is 0 Å². The van der Waals surface area contributed by atoms with Crippen LogP contribution >= 0.6 is 23.2 Å². The van der Waals surface area contributed by atoms with Crippen LogP contribution in [0, 0.1) is 6.92 Å². The van der Waals surface area contributed by atoms with Crippen LogP contribution in [0.2, 0.25) is 10.0 Å². The summed E-state index contributed by atoms with van der Waals surface area (Å²) in [7, 11) is 0. The molecule has 0 aliphatic rings. The number of pyridine rings is 2. The summed E-state index contributed by atoms with van der Waals surface area (Å²) in [5.41, 5.74) is 2.75. The van der Waals surface area contributed by atoms with E-state index in [2.05, 4.69) is 15.3 Å². The summed E-state index contributed by atoms with van der Waals surface area (Å²) in [6.45, 7) is 1.89. The van der Waals surface area contributed by atoms with Crippen molar-refractivity contribution in [3.8, 4) is 5.75 Å². The van der Waals surface area contributed by atoms with Gasteiger partial charge in [0.05, 0.1) is 16.1 Å². The summed E-state index contributed by atoms with van der Waals surface area (Å²) in [5, 5.41) is 16.1. The van der Waals surface area contributed by atoms with E-state index in [1.54, 1.807) is 12.3 Å². The van der Waals surface area contributed by atoms with Gasteiger partial charge < -0.3 is 10.4 Å². The highest BCUT2D eigenvalue weighted by atomic mass is 35.5. The third-order valence-corrected chi connectivity index (χ3v) is 5.40. The van der Waals surface area contributed by atoms with Gasteiger partial charge in [0, 0.05) is 22.8 Å². The van der Waals surface area contributed by atoms with Crippen LogP contribution in [0.5, 0.6) is 5.75 Å². The predicted octanol–water partition coefficient (Wildman–Crippen LogP) is 6.15. The number of nitrogens with one attached hydrogen (secondary N) is 1. The Morgan fingerprint density at radius 2 is 1.75 bits per heavy atom. The quantitative estimate of drug-likeness (QED) is 0.424. The zero-order valence-corrected chi connectivity index (χ0v) is 16.5. The number of nitrogens with zero attached hydrogens (tertiary/aromatic N) is 2. The highest BCUT2D eigenvalue weighted by Crippen LogP contribution is 2.40. The van der Waals surface area contributed by atoms with Gasteiger partial charge in [0.1, 0.15) is 17.1 Å². The van der Waals surface area contributed by atoms with Crippen molar-refractivity contribution in [2.24, 2.45) is 0 Å². The number of hydrogen-bond acceptors (Lipinski definition) is 4. The summed E-state index contributed by atoms with van der Waals surface area (Å²) in [6.07, 6.45) is 1.70. The number of aromatic hydroxyl groups is 1. The zero-order chi connectivity index (χ0) is 19.7. The van der Waals surface area contributed by atoms with E-state index in [1.807, 2.05) is 61.5 Å². The molecule has 140 valence electrons. The first-order valence-corrected chi connectivity index (χ1v) is 9.51. The van der Waals surface area contributed by atoms with E-state index < -0.39 is 6.04 Å². The lowest BCUT2D eigenvalue weighted by Crippen LogP contribution is -2.14. The Morgan fingerprint density at radius 3 is 2.54 bits per heavy atom. The van der Waals surface area contributed by atoms with Crippen LogP contribution in [0.3, 0.4) is 0 Å². The Balaban J connectivity index is 1.91. The van der Waals surface area contributed by atoms with Gasteiger partial charge in [0.25, 0.3) is 0 Å². The lowest BCUT2D eigenvalue weighted by molar-refractivity contribution is 0.471. The van der Waals surface area contributed by atoms with Gasteiger partial charge in [-0.25, -0.2) is 9.97 Å². The van der Waals surface area contributed by atoms with E-state index in [0.717, 1.165) is 16.6 Å². The van der Waals surface area contributed by atoms with Crippen molar-refractivity contribution in [3.05, 3.63) is 93.7 Å². The lowest BCUT2D eigenvalue weighted by Gasteiger charge is -2.23. The molecule has 2 N–H and O–H groups in total. The molecule has 2 aromatic heterocycles. The van der Waals surface area contributed by atoms with Crippen molar-refractivity contribution < 1.29 is 5.11 Å². The molecule has 6 heteroatoms.